The molecule has 1 atom stereocenters. The van der Waals surface area contributed by atoms with Crippen molar-refractivity contribution in [1.29, 1.82) is 0 Å². The van der Waals surface area contributed by atoms with Crippen LogP contribution in [0.2, 0.25) is 0 Å². The number of aryl methyl sites for hydroxylation is 1. The Labute approximate surface area is 150 Å². The number of sulfone groups is 1. The molecule has 2 aromatic rings. The van der Waals surface area contributed by atoms with Crippen molar-refractivity contribution in [2.75, 3.05) is 18.1 Å². The molecule has 3 rings (SSSR count). The first kappa shape index (κ1) is 18.2. The largest absolute Gasteiger partial charge is 0.494 e. The summed E-state index contributed by atoms with van der Waals surface area (Å²) in [5.41, 5.74) is 5.72. The maximum atomic E-state index is 12.3. The van der Waals surface area contributed by atoms with Crippen LogP contribution in [0.4, 0.5) is 0 Å². The van der Waals surface area contributed by atoms with Gasteiger partial charge in [0.15, 0.2) is 15.6 Å². The lowest BCUT2D eigenvalue weighted by Crippen LogP contribution is -2.44. The van der Waals surface area contributed by atoms with Gasteiger partial charge < -0.3 is 9.15 Å². The van der Waals surface area contributed by atoms with E-state index < -0.39 is 27.6 Å². The van der Waals surface area contributed by atoms with Crippen LogP contribution in [-0.2, 0) is 14.6 Å². The maximum absolute atomic E-state index is 12.3. The first-order chi connectivity index (χ1) is 12.3. The highest BCUT2D eigenvalue weighted by atomic mass is 32.2. The zero-order valence-electron chi connectivity index (χ0n) is 14.5. The van der Waals surface area contributed by atoms with Gasteiger partial charge in [0, 0.05) is 10.9 Å². The van der Waals surface area contributed by atoms with Crippen molar-refractivity contribution in [3.05, 3.63) is 29.5 Å². The van der Waals surface area contributed by atoms with E-state index in [0.717, 1.165) is 5.39 Å². The number of carbonyl (C=O) groups is 2. The summed E-state index contributed by atoms with van der Waals surface area (Å²) in [4.78, 5) is 24.3. The Kier molecular flexibility index (Phi) is 4.90. The zero-order valence-corrected chi connectivity index (χ0v) is 15.3. The molecule has 1 aliphatic heterocycles. The third-order valence-corrected chi connectivity index (χ3v) is 6.10. The molecule has 0 saturated carbocycles. The summed E-state index contributed by atoms with van der Waals surface area (Å²) in [5, 5.41) is 0.745. The minimum Gasteiger partial charge on any atom is -0.494 e. The topological polar surface area (TPSA) is 115 Å². The monoisotopic (exact) mass is 380 g/mol. The van der Waals surface area contributed by atoms with Gasteiger partial charge in [-0.25, -0.2) is 8.42 Å². The SMILES string of the molecule is CCOc1ccc2oc(C(=O)NNC(=O)[C@H]3CCS(=O)(=O)C3)c(C)c2c1. The quantitative estimate of drug-likeness (QED) is 0.774. The van der Waals surface area contributed by atoms with E-state index in [1.807, 2.05) is 6.92 Å². The molecule has 0 bridgehead atoms. The number of benzene rings is 1. The standard InChI is InChI=1S/C17H20N2O6S/c1-3-24-12-4-5-14-13(8-12)10(2)15(25-14)17(21)19-18-16(20)11-6-7-26(22,23)9-11/h4-5,8,11H,3,6-7,9H2,1-2H3,(H,18,20)(H,19,21)/t11-/m0/s1. The van der Waals surface area contributed by atoms with Crippen LogP contribution in [0.5, 0.6) is 5.75 Å². The molecule has 0 spiro atoms. The Balaban J connectivity index is 1.70. The molecular formula is C17H20N2O6S. The molecule has 1 aromatic carbocycles. The molecule has 0 radical (unpaired) electrons. The van der Waals surface area contributed by atoms with Crippen LogP contribution in [-0.4, -0.2) is 38.3 Å². The average Bonchev–Trinajstić information content (AvgIpc) is 3.13. The van der Waals surface area contributed by atoms with Crippen molar-refractivity contribution in [3.8, 4) is 5.75 Å². The Morgan fingerprint density at radius 3 is 2.73 bits per heavy atom. The Morgan fingerprint density at radius 1 is 1.31 bits per heavy atom. The van der Waals surface area contributed by atoms with E-state index in [1.54, 1.807) is 25.1 Å². The molecule has 0 aliphatic carbocycles. The van der Waals surface area contributed by atoms with Crippen LogP contribution >= 0.6 is 0 Å². The van der Waals surface area contributed by atoms with Crippen molar-refractivity contribution in [2.24, 2.45) is 5.92 Å². The van der Waals surface area contributed by atoms with Crippen LogP contribution < -0.4 is 15.6 Å². The first-order valence-electron chi connectivity index (χ1n) is 8.27. The van der Waals surface area contributed by atoms with Gasteiger partial charge in [-0.05, 0) is 38.5 Å². The number of nitrogens with one attached hydrogen (secondary N) is 2. The summed E-state index contributed by atoms with van der Waals surface area (Å²) in [5.74, 6) is -1.23. The second-order valence-corrected chi connectivity index (χ2v) is 8.42. The maximum Gasteiger partial charge on any atom is 0.305 e. The molecule has 2 N–H and O–H groups in total. The molecule has 140 valence electrons. The van der Waals surface area contributed by atoms with Crippen molar-refractivity contribution in [1.82, 2.24) is 10.9 Å². The van der Waals surface area contributed by atoms with Gasteiger partial charge in [0.25, 0.3) is 0 Å². The number of furan rings is 1. The summed E-state index contributed by atoms with van der Waals surface area (Å²) in [6.45, 7) is 4.14. The van der Waals surface area contributed by atoms with Gasteiger partial charge in [0.2, 0.25) is 5.91 Å². The third kappa shape index (κ3) is 3.67. The summed E-state index contributed by atoms with van der Waals surface area (Å²) in [6.07, 6.45) is 0.258. The second kappa shape index (κ2) is 6.99. The number of hydrogen-bond donors (Lipinski definition) is 2. The van der Waals surface area contributed by atoms with Crippen molar-refractivity contribution >= 4 is 32.6 Å². The molecule has 1 fully saturated rings. The highest BCUT2D eigenvalue weighted by molar-refractivity contribution is 7.91. The fourth-order valence-corrected chi connectivity index (χ4v) is 4.69. The number of ether oxygens (including phenoxy) is 1. The summed E-state index contributed by atoms with van der Waals surface area (Å²) < 4.78 is 33.9. The van der Waals surface area contributed by atoms with Gasteiger partial charge in [0.1, 0.15) is 11.3 Å². The van der Waals surface area contributed by atoms with Crippen LogP contribution in [0, 0.1) is 12.8 Å². The predicted octanol–water partition coefficient (Wildman–Crippen LogP) is 1.34. The Hall–Kier alpha value is -2.55. The van der Waals surface area contributed by atoms with Crippen molar-refractivity contribution in [2.45, 2.75) is 20.3 Å². The molecule has 0 unspecified atom stereocenters. The third-order valence-electron chi connectivity index (χ3n) is 4.33. The predicted molar refractivity (Wildman–Crippen MR) is 94.5 cm³/mol. The molecule has 9 heteroatoms. The van der Waals surface area contributed by atoms with E-state index in [-0.39, 0.29) is 23.7 Å². The Morgan fingerprint density at radius 2 is 2.08 bits per heavy atom. The minimum absolute atomic E-state index is 0.0100. The highest BCUT2D eigenvalue weighted by Crippen LogP contribution is 2.28. The van der Waals surface area contributed by atoms with Crippen LogP contribution in [0.3, 0.4) is 0 Å². The van der Waals surface area contributed by atoms with Gasteiger partial charge in [-0.2, -0.15) is 0 Å². The fourth-order valence-electron chi connectivity index (χ4n) is 2.95. The molecule has 2 amide bonds. The lowest BCUT2D eigenvalue weighted by molar-refractivity contribution is -0.125. The molecule has 1 saturated heterocycles. The summed E-state index contributed by atoms with van der Waals surface area (Å²) in [6, 6.07) is 5.25. The molecular weight excluding hydrogens is 360 g/mol. The lowest BCUT2D eigenvalue weighted by atomic mass is 10.1. The molecule has 8 nitrogen and oxygen atoms in total. The number of amides is 2. The summed E-state index contributed by atoms with van der Waals surface area (Å²) >= 11 is 0. The Bertz CT molecular complexity index is 963. The number of carbonyl (C=O) groups excluding carboxylic acids is 2. The van der Waals surface area contributed by atoms with E-state index in [2.05, 4.69) is 10.9 Å². The van der Waals surface area contributed by atoms with Gasteiger partial charge in [0.05, 0.1) is 24.0 Å². The van der Waals surface area contributed by atoms with E-state index in [0.29, 0.717) is 23.5 Å². The normalized spacial score (nSPS) is 18.6. The lowest BCUT2D eigenvalue weighted by Gasteiger charge is -2.09. The van der Waals surface area contributed by atoms with Crippen LogP contribution in [0.1, 0.15) is 29.5 Å². The molecule has 1 aromatic heterocycles. The summed E-state index contributed by atoms with van der Waals surface area (Å²) in [7, 11) is -3.17. The smallest absolute Gasteiger partial charge is 0.305 e. The second-order valence-electron chi connectivity index (χ2n) is 6.19. The van der Waals surface area contributed by atoms with E-state index in [4.69, 9.17) is 9.15 Å². The number of hydrazine groups is 1. The number of hydrogen-bond acceptors (Lipinski definition) is 6. The van der Waals surface area contributed by atoms with Gasteiger partial charge in [-0.3, -0.25) is 20.4 Å². The first-order valence-corrected chi connectivity index (χ1v) is 10.1. The van der Waals surface area contributed by atoms with Gasteiger partial charge in [-0.15, -0.1) is 0 Å². The zero-order chi connectivity index (χ0) is 18.9. The fraction of sp³-hybridized carbons (Fsp3) is 0.412. The van der Waals surface area contributed by atoms with Crippen molar-refractivity contribution in [3.63, 3.8) is 0 Å². The highest BCUT2D eigenvalue weighted by Gasteiger charge is 2.33. The molecule has 2 heterocycles. The van der Waals surface area contributed by atoms with Crippen LogP contribution in [0.25, 0.3) is 11.0 Å². The number of rotatable bonds is 4. The average molecular weight is 380 g/mol. The van der Waals surface area contributed by atoms with E-state index in [1.165, 1.54) is 0 Å². The molecule has 1 aliphatic rings. The van der Waals surface area contributed by atoms with E-state index >= 15 is 0 Å². The molecule has 26 heavy (non-hydrogen) atoms. The van der Waals surface area contributed by atoms with Crippen LogP contribution in [0.15, 0.2) is 22.6 Å². The minimum atomic E-state index is -3.17. The van der Waals surface area contributed by atoms with Gasteiger partial charge >= 0.3 is 5.91 Å². The van der Waals surface area contributed by atoms with E-state index in [9.17, 15) is 18.0 Å². The van der Waals surface area contributed by atoms with Gasteiger partial charge in [-0.1, -0.05) is 0 Å². The number of fused-ring (bicyclic) bond motifs is 1. The van der Waals surface area contributed by atoms with Crippen molar-refractivity contribution < 1.29 is 27.2 Å².